The fourth-order valence-electron chi connectivity index (χ4n) is 2.85. The summed E-state index contributed by atoms with van der Waals surface area (Å²) in [5.74, 6) is 0.637. The van der Waals surface area contributed by atoms with E-state index in [9.17, 15) is 9.90 Å². The quantitative estimate of drug-likeness (QED) is 0.540. The Morgan fingerprint density at radius 1 is 1.27 bits per heavy atom. The molecule has 0 spiro atoms. The van der Waals surface area contributed by atoms with Crippen LogP contribution in [-0.4, -0.2) is 31.6 Å². The van der Waals surface area contributed by atoms with Gasteiger partial charge in [0.25, 0.3) is 0 Å². The van der Waals surface area contributed by atoms with Crippen molar-refractivity contribution < 1.29 is 19.4 Å². The molecule has 0 aliphatic rings. The standard InChI is InChI=1S/C22H25N3O4S/c1-5-15-11-24-20(25-14(15)2)10-18(19-12-23-13-30-19)28-16-7-6-8-17(9-16)29-22(3,4)21(26)27/h6-9,11-13,18H,5,10H2,1-4H3,(H,26,27). The highest BCUT2D eigenvalue weighted by Crippen LogP contribution is 2.30. The van der Waals surface area contributed by atoms with Crippen LogP contribution in [0.4, 0.5) is 0 Å². The molecular formula is C22H25N3O4S. The molecule has 3 rings (SSSR count). The fourth-order valence-corrected chi connectivity index (χ4v) is 3.50. The van der Waals surface area contributed by atoms with Gasteiger partial charge in [0.2, 0.25) is 0 Å². The number of aliphatic carboxylic acids is 1. The van der Waals surface area contributed by atoms with Gasteiger partial charge in [-0.05, 0) is 44.9 Å². The van der Waals surface area contributed by atoms with Gasteiger partial charge in [-0.3, -0.25) is 4.98 Å². The molecule has 1 atom stereocenters. The van der Waals surface area contributed by atoms with E-state index >= 15 is 0 Å². The number of hydrogen-bond donors (Lipinski definition) is 1. The Morgan fingerprint density at radius 3 is 2.67 bits per heavy atom. The second-order valence-corrected chi connectivity index (χ2v) is 8.28. The number of rotatable bonds is 9. The zero-order chi connectivity index (χ0) is 21.7. The molecule has 1 unspecified atom stereocenters. The first kappa shape index (κ1) is 21.7. The maximum Gasteiger partial charge on any atom is 0.347 e. The van der Waals surface area contributed by atoms with Crippen LogP contribution in [0.15, 0.2) is 42.2 Å². The van der Waals surface area contributed by atoms with Crippen molar-refractivity contribution in [1.82, 2.24) is 15.0 Å². The number of aromatic nitrogens is 3. The first-order valence-corrected chi connectivity index (χ1v) is 10.6. The molecule has 1 aromatic carbocycles. The molecule has 0 bridgehead atoms. The molecule has 0 saturated heterocycles. The van der Waals surface area contributed by atoms with Crippen molar-refractivity contribution in [2.75, 3.05) is 0 Å². The number of carboxylic acids is 1. The first-order chi connectivity index (χ1) is 14.3. The van der Waals surface area contributed by atoms with E-state index in [-0.39, 0.29) is 6.10 Å². The predicted molar refractivity (Wildman–Crippen MR) is 114 cm³/mol. The van der Waals surface area contributed by atoms with Crippen molar-refractivity contribution in [1.29, 1.82) is 0 Å². The molecule has 3 aromatic rings. The summed E-state index contributed by atoms with van der Waals surface area (Å²) in [6, 6.07) is 6.96. The van der Waals surface area contributed by atoms with Gasteiger partial charge in [-0.1, -0.05) is 13.0 Å². The number of hydrogen-bond acceptors (Lipinski definition) is 7. The Labute approximate surface area is 179 Å². The Morgan fingerprint density at radius 2 is 2.03 bits per heavy atom. The highest BCUT2D eigenvalue weighted by molar-refractivity contribution is 7.09. The second-order valence-electron chi connectivity index (χ2n) is 7.36. The number of benzene rings is 1. The molecule has 0 saturated carbocycles. The van der Waals surface area contributed by atoms with Gasteiger partial charge in [0.15, 0.2) is 5.60 Å². The summed E-state index contributed by atoms with van der Waals surface area (Å²) < 4.78 is 11.9. The van der Waals surface area contributed by atoms with Gasteiger partial charge in [-0.2, -0.15) is 0 Å². The average Bonchev–Trinajstić information content (AvgIpc) is 3.22. The molecule has 7 nitrogen and oxygen atoms in total. The average molecular weight is 428 g/mol. The van der Waals surface area contributed by atoms with Gasteiger partial charge >= 0.3 is 5.97 Å². The second kappa shape index (κ2) is 9.21. The minimum Gasteiger partial charge on any atom is -0.484 e. The highest BCUT2D eigenvalue weighted by Gasteiger charge is 2.29. The fraction of sp³-hybridized carbons (Fsp3) is 0.364. The molecule has 0 aliphatic heterocycles. The number of nitrogens with zero attached hydrogens (tertiary/aromatic N) is 3. The number of carbonyl (C=O) groups is 1. The third-order valence-corrected chi connectivity index (χ3v) is 5.49. The smallest absolute Gasteiger partial charge is 0.347 e. The molecule has 30 heavy (non-hydrogen) atoms. The summed E-state index contributed by atoms with van der Waals surface area (Å²) in [5, 5.41) is 9.29. The minimum atomic E-state index is -1.35. The Balaban J connectivity index is 1.82. The van der Waals surface area contributed by atoms with Crippen LogP contribution in [0.25, 0.3) is 0 Å². The molecule has 0 radical (unpaired) electrons. The van der Waals surface area contributed by atoms with Gasteiger partial charge in [-0.15, -0.1) is 11.3 Å². The van der Waals surface area contributed by atoms with Crippen molar-refractivity contribution in [3.63, 3.8) is 0 Å². The third kappa shape index (κ3) is 5.33. The van der Waals surface area contributed by atoms with Gasteiger partial charge in [0.05, 0.1) is 10.4 Å². The largest absolute Gasteiger partial charge is 0.484 e. The number of thiazole rings is 1. The summed E-state index contributed by atoms with van der Waals surface area (Å²) in [6.07, 6.45) is 4.69. The summed E-state index contributed by atoms with van der Waals surface area (Å²) in [4.78, 5) is 25.6. The van der Waals surface area contributed by atoms with Crippen LogP contribution in [0, 0.1) is 6.92 Å². The van der Waals surface area contributed by atoms with Crippen LogP contribution in [0.5, 0.6) is 11.5 Å². The maximum absolute atomic E-state index is 11.3. The molecule has 2 aromatic heterocycles. The van der Waals surface area contributed by atoms with Gasteiger partial charge in [-0.25, -0.2) is 14.8 Å². The van der Waals surface area contributed by atoms with E-state index in [4.69, 9.17) is 9.47 Å². The van der Waals surface area contributed by atoms with E-state index in [1.54, 1.807) is 36.0 Å². The van der Waals surface area contributed by atoms with Crippen molar-refractivity contribution in [3.05, 3.63) is 64.1 Å². The van der Waals surface area contributed by atoms with Crippen LogP contribution in [-0.2, 0) is 17.6 Å². The highest BCUT2D eigenvalue weighted by atomic mass is 32.1. The lowest BCUT2D eigenvalue weighted by atomic mass is 10.1. The normalized spacial score (nSPS) is 12.4. The molecule has 2 heterocycles. The van der Waals surface area contributed by atoms with E-state index in [1.807, 2.05) is 13.1 Å². The SMILES string of the molecule is CCc1cnc(CC(Oc2cccc(OC(C)(C)C(=O)O)c2)c2cncs2)nc1C. The zero-order valence-electron chi connectivity index (χ0n) is 17.5. The van der Waals surface area contributed by atoms with Crippen LogP contribution < -0.4 is 9.47 Å². The minimum absolute atomic E-state index is 0.327. The van der Waals surface area contributed by atoms with Gasteiger partial charge in [0.1, 0.15) is 23.4 Å². The molecule has 1 N–H and O–H groups in total. The monoisotopic (exact) mass is 427 g/mol. The van der Waals surface area contributed by atoms with Crippen molar-refractivity contribution in [3.8, 4) is 11.5 Å². The van der Waals surface area contributed by atoms with E-state index in [2.05, 4.69) is 21.9 Å². The Bertz CT molecular complexity index is 1010. The van der Waals surface area contributed by atoms with Crippen LogP contribution in [0.3, 0.4) is 0 Å². The Kier molecular flexibility index (Phi) is 6.66. The molecule has 0 aliphatic carbocycles. The summed E-state index contributed by atoms with van der Waals surface area (Å²) in [5.41, 5.74) is 2.51. The lowest BCUT2D eigenvalue weighted by Gasteiger charge is -2.22. The summed E-state index contributed by atoms with van der Waals surface area (Å²) in [6.45, 7) is 7.07. The maximum atomic E-state index is 11.3. The molecule has 8 heteroatoms. The Hall–Kier alpha value is -3.00. The van der Waals surface area contributed by atoms with Crippen molar-refractivity contribution >= 4 is 17.3 Å². The number of ether oxygens (including phenoxy) is 2. The van der Waals surface area contributed by atoms with Gasteiger partial charge < -0.3 is 14.6 Å². The number of carboxylic acid groups (broad SMARTS) is 1. The van der Waals surface area contributed by atoms with E-state index in [1.165, 1.54) is 25.2 Å². The number of aryl methyl sites for hydroxylation is 2. The zero-order valence-corrected chi connectivity index (χ0v) is 18.3. The lowest BCUT2D eigenvalue weighted by Crippen LogP contribution is -2.37. The summed E-state index contributed by atoms with van der Waals surface area (Å²) in [7, 11) is 0. The van der Waals surface area contributed by atoms with Crippen molar-refractivity contribution in [2.24, 2.45) is 0 Å². The molecule has 0 amide bonds. The first-order valence-electron chi connectivity index (χ1n) is 9.67. The van der Waals surface area contributed by atoms with Crippen LogP contribution in [0.1, 0.15) is 48.8 Å². The summed E-state index contributed by atoms with van der Waals surface area (Å²) >= 11 is 1.50. The third-order valence-electron chi connectivity index (χ3n) is 4.62. The molecule has 158 valence electrons. The van der Waals surface area contributed by atoms with Crippen LogP contribution in [0.2, 0.25) is 0 Å². The predicted octanol–water partition coefficient (Wildman–Crippen LogP) is 4.41. The molecular weight excluding hydrogens is 402 g/mol. The molecule has 0 fully saturated rings. The van der Waals surface area contributed by atoms with E-state index < -0.39 is 11.6 Å². The van der Waals surface area contributed by atoms with Crippen LogP contribution >= 0.6 is 11.3 Å². The van der Waals surface area contributed by atoms with Gasteiger partial charge in [0, 0.05) is 30.6 Å². The topological polar surface area (TPSA) is 94.4 Å². The van der Waals surface area contributed by atoms with E-state index in [0.29, 0.717) is 23.7 Å². The van der Waals surface area contributed by atoms with Crippen molar-refractivity contribution in [2.45, 2.75) is 52.2 Å². The lowest BCUT2D eigenvalue weighted by molar-refractivity contribution is -0.152. The van der Waals surface area contributed by atoms with E-state index in [0.717, 1.165) is 22.6 Å².